The van der Waals surface area contributed by atoms with Gasteiger partial charge in [-0.05, 0) is 49.6 Å². The minimum atomic E-state index is 0.782. The minimum absolute atomic E-state index is 0.782. The molecule has 0 spiro atoms. The highest BCUT2D eigenvalue weighted by atomic mass is 79.9. The SMILES string of the molecule is Brc1ccc2occ(CCNC3CC3)c2c1. The molecule has 0 atom stereocenters. The molecular formula is C13H14BrNO. The van der Waals surface area contributed by atoms with E-state index in [4.69, 9.17) is 4.42 Å². The standard InChI is InChI=1S/C13H14BrNO/c14-10-1-4-13-12(7-10)9(8-16-13)5-6-15-11-2-3-11/h1,4,7-8,11,15H,2-3,5-6H2. The van der Waals surface area contributed by atoms with E-state index >= 15 is 0 Å². The number of benzene rings is 1. The number of hydrogen-bond donors (Lipinski definition) is 1. The Morgan fingerprint density at radius 1 is 1.38 bits per heavy atom. The summed E-state index contributed by atoms with van der Waals surface area (Å²) in [5.74, 6) is 0. The Hall–Kier alpha value is -0.800. The first-order valence-electron chi connectivity index (χ1n) is 5.72. The third-order valence-corrected chi connectivity index (χ3v) is 3.51. The molecule has 3 rings (SSSR count). The van der Waals surface area contributed by atoms with Gasteiger partial charge in [0.25, 0.3) is 0 Å². The van der Waals surface area contributed by atoms with Gasteiger partial charge in [0, 0.05) is 15.9 Å². The summed E-state index contributed by atoms with van der Waals surface area (Å²) >= 11 is 3.50. The quantitative estimate of drug-likeness (QED) is 0.927. The molecule has 1 heterocycles. The first-order chi connectivity index (χ1) is 7.83. The van der Waals surface area contributed by atoms with E-state index in [1.165, 1.54) is 23.8 Å². The zero-order valence-electron chi connectivity index (χ0n) is 9.00. The zero-order valence-corrected chi connectivity index (χ0v) is 10.6. The monoisotopic (exact) mass is 279 g/mol. The predicted octanol–water partition coefficient (Wildman–Crippen LogP) is 3.49. The van der Waals surface area contributed by atoms with Crippen molar-refractivity contribution in [3.8, 4) is 0 Å². The number of halogens is 1. The van der Waals surface area contributed by atoms with Gasteiger partial charge in [-0.25, -0.2) is 0 Å². The van der Waals surface area contributed by atoms with Crippen LogP contribution in [-0.2, 0) is 6.42 Å². The van der Waals surface area contributed by atoms with Crippen LogP contribution in [0.1, 0.15) is 18.4 Å². The molecule has 84 valence electrons. The first kappa shape index (κ1) is 10.4. The molecule has 2 nitrogen and oxygen atoms in total. The summed E-state index contributed by atoms with van der Waals surface area (Å²) in [6.45, 7) is 1.05. The third kappa shape index (κ3) is 2.15. The molecule has 1 aliphatic rings. The third-order valence-electron chi connectivity index (χ3n) is 3.02. The maximum Gasteiger partial charge on any atom is 0.134 e. The number of rotatable bonds is 4. The van der Waals surface area contributed by atoms with Crippen molar-refractivity contribution in [3.05, 3.63) is 34.5 Å². The minimum Gasteiger partial charge on any atom is -0.464 e. The second-order valence-electron chi connectivity index (χ2n) is 4.38. The smallest absolute Gasteiger partial charge is 0.134 e. The first-order valence-corrected chi connectivity index (χ1v) is 6.51. The summed E-state index contributed by atoms with van der Waals surface area (Å²) in [4.78, 5) is 0. The van der Waals surface area contributed by atoms with Crippen molar-refractivity contribution in [3.63, 3.8) is 0 Å². The molecule has 1 fully saturated rings. The topological polar surface area (TPSA) is 25.2 Å². The highest BCUT2D eigenvalue weighted by molar-refractivity contribution is 9.10. The molecule has 1 saturated carbocycles. The van der Waals surface area contributed by atoms with Crippen molar-refractivity contribution in [2.24, 2.45) is 0 Å². The van der Waals surface area contributed by atoms with Crippen LogP contribution >= 0.6 is 15.9 Å². The van der Waals surface area contributed by atoms with E-state index in [0.29, 0.717) is 0 Å². The second-order valence-corrected chi connectivity index (χ2v) is 5.30. The Morgan fingerprint density at radius 2 is 2.25 bits per heavy atom. The van der Waals surface area contributed by atoms with Crippen molar-refractivity contribution in [1.29, 1.82) is 0 Å². The number of fused-ring (bicyclic) bond motifs is 1. The van der Waals surface area contributed by atoms with Gasteiger partial charge in [-0.2, -0.15) is 0 Å². The van der Waals surface area contributed by atoms with E-state index in [0.717, 1.165) is 29.1 Å². The fraction of sp³-hybridized carbons (Fsp3) is 0.385. The van der Waals surface area contributed by atoms with Gasteiger partial charge in [0.2, 0.25) is 0 Å². The van der Waals surface area contributed by atoms with Crippen LogP contribution in [-0.4, -0.2) is 12.6 Å². The Kier molecular flexibility index (Phi) is 2.74. The Labute approximate surface area is 103 Å². The number of nitrogens with one attached hydrogen (secondary N) is 1. The average Bonchev–Trinajstić information content (AvgIpc) is 3.01. The summed E-state index contributed by atoms with van der Waals surface area (Å²) in [6, 6.07) is 6.94. The van der Waals surface area contributed by atoms with Gasteiger partial charge in [0.05, 0.1) is 6.26 Å². The molecule has 1 aliphatic carbocycles. The lowest BCUT2D eigenvalue weighted by Crippen LogP contribution is -2.19. The number of hydrogen-bond acceptors (Lipinski definition) is 2. The molecule has 1 aromatic heterocycles. The summed E-state index contributed by atoms with van der Waals surface area (Å²) in [5, 5.41) is 4.75. The van der Waals surface area contributed by atoms with Crippen LogP contribution in [0, 0.1) is 0 Å². The van der Waals surface area contributed by atoms with Crippen LogP contribution in [0.4, 0.5) is 0 Å². The molecule has 1 N–H and O–H groups in total. The van der Waals surface area contributed by atoms with Gasteiger partial charge >= 0.3 is 0 Å². The van der Waals surface area contributed by atoms with Gasteiger partial charge in [-0.3, -0.25) is 0 Å². The van der Waals surface area contributed by atoms with Gasteiger partial charge in [-0.15, -0.1) is 0 Å². The largest absolute Gasteiger partial charge is 0.464 e. The highest BCUT2D eigenvalue weighted by Gasteiger charge is 2.19. The molecule has 1 aromatic carbocycles. The average molecular weight is 280 g/mol. The van der Waals surface area contributed by atoms with Crippen LogP contribution in [0.15, 0.2) is 33.4 Å². The van der Waals surface area contributed by atoms with Crippen LogP contribution < -0.4 is 5.32 Å². The van der Waals surface area contributed by atoms with Crippen LogP contribution in [0.5, 0.6) is 0 Å². The van der Waals surface area contributed by atoms with E-state index < -0.39 is 0 Å². The molecule has 2 aromatic rings. The maximum absolute atomic E-state index is 5.53. The fourth-order valence-corrected chi connectivity index (χ4v) is 2.31. The van der Waals surface area contributed by atoms with Crippen LogP contribution in [0.2, 0.25) is 0 Å². The van der Waals surface area contributed by atoms with Gasteiger partial charge < -0.3 is 9.73 Å². The molecule has 0 radical (unpaired) electrons. The Balaban J connectivity index is 1.76. The van der Waals surface area contributed by atoms with Crippen molar-refractivity contribution in [2.45, 2.75) is 25.3 Å². The molecule has 0 amide bonds. The second kappa shape index (κ2) is 4.22. The lowest BCUT2D eigenvalue weighted by Gasteiger charge is -2.00. The van der Waals surface area contributed by atoms with Crippen molar-refractivity contribution < 1.29 is 4.42 Å². The zero-order chi connectivity index (χ0) is 11.0. The summed E-state index contributed by atoms with van der Waals surface area (Å²) in [7, 11) is 0. The molecule has 0 aliphatic heterocycles. The Morgan fingerprint density at radius 3 is 3.06 bits per heavy atom. The van der Waals surface area contributed by atoms with Crippen molar-refractivity contribution in [2.75, 3.05) is 6.54 Å². The summed E-state index contributed by atoms with van der Waals surface area (Å²) in [6.07, 6.45) is 5.61. The van der Waals surface area contributed by atoms with Crippen LogP contribution in [0.3, 0.4) is 0 Å². The van der Waals surface area contributed by atoms with E-state index in [1.54, 1.807) is 0 Å². The summed E-state index contributed by atoms with van der Waals surface area (Å²) in [5.41, 5.74) is 2.27. The van der Waals surface area contributed by atoms with E-state index in [2.05, 4.69) is 27.3 Å². The number of furan rings is 1. The molecule has 0 bridgehead atoms. The van der Waals surface area contributed by atoms with Crippen molar-refractivity contribution in [1.82, 2.24) is 5.32 Å². The van der Waals surface area contributed by atoms with E-state index in [9.17, 15) is 0 Å². The molecule has 3 heteroatoms. The fourth-order valence-electron chi connectivity index (χ4n) is 1.95. The van der Waals surface area contributed by atoms with E-state index in [-0.39, 0.29) is 0 Å². The molecular weight excluding hydrogens is 266 g/mol. The highest BCUT2D eigenvalue weighted by Crippen LogP contribution is 2.25. The van der Waals surface area contributed by atoms with E-state index in [1.807, 2.05) is 18.4 Å². The van der Waals surface area contributed by atoms with Crippen LogP contribution in [0.25, 0.3) is 11.0 Å². The molecule has 16 heavy (non-hydrogen) atoms. The van der Waals surface area contributed by atoms with Gasteiger partial charge in [-0.1, -0.05) is 15.9 Å². The Bertz CT molecular complexity index is 502. The van der Waals surface area contributed by atoms with Crippen molar-refractivity contribution >= 4 is 26.9 Å². The van der Waals surface area contributed by atoms with Gasteiger partial charge in [0.15, 0.2) is 0 Å². The lowest BCUT2D eigenvalue weighted by atomic mass is 10.1. The maximum atomic E-state index is 5.53. The summed E-state index contributed by atoms with van der Waals surface area (Å²) < 4.78 is 6.64. The normalized spacial score (nSPS) is 15.8. The lowest BCUT2D eigenvalue weighted by molar-refractivity contribution is 0.605. The predicted molar refractivity (Wildman–Crippen MR) is 68.6 cm³/mol. The van der Waals surface area contributed by atoms with Gasteiger partial charge in [0.1, 0.15) is 5.58 Å². The molecule has 0 unspecified atom stereocenters. The molecule has 0 saturated heterocycles.